The van der Waals surface area contributed by atoms with Crippen LogP contribution in [-0.4, -0.2) is 52.5 Å². The SMILES string of the molecule is CC(C)(C)OC(=O)CCC(/C=[N+]1/Cc2c(OCc3ccc(SC4CCN(c5ccc(C#N)cc5F)CC4)cc3)cccc2C1=O)C(N)=O. The number of rotatable bonds is 11. The Bertz CT molecular complexity index is 1750. The molecule has 11 heteroatoms. The maximum absolute atomic E-state index is 14.5. The van der Waals surface area contributed by atoms with E-state index in [1.165, 1.54) is 16.9 Å². The van der Waals surface area contributed by atoms with E-state index in [1.54, 1.807) is 45.0 Å². The Morgan fingerprint density at radius 3 is 2.52 bits per heavy atom. The lowest BCUT2D eigenvalue weighted by atomic mass is 10.0. The number of carbonyl (C=O) groups is 3. The molecule has 250 valence electrons. The number of fused-ring (bicyclic) bond motifs is 1. The summed E-state index contributed by atoms with van der Waals surface area (Å²) in [6, 6.07) is 20.1. The number of hydrogen-bond acceptors (Lipinski definition) is 8. The number of hydrogen-bond donors (Lipinski definition) is 1. The van der Waals surface area contributed by atoms with Crippen LogP contribution >= 0.6 is 11.8 Å². The number of primary amides is 1. The summed E-state index contributed by atoms with van der Waals surface area (Å²) in [7, 11) is 0. The summed E-state index contributed by atoms with van der Waals surface area (Å²) in [5, 5.41) is 9.41. The molecule has 2 heterocycles. The van der Waals surface area contributed by atoms with Crippen LogP contribution < -0.4 is 15.4 Å². The van der Waals surface area contributed by atoms with Crippen LogP contribution in [-0.2, 0) is 27.5 Å². The predicted molar refractivity (Wildman–Crippen MR) is 182 cm³/mol. The standard InChI is InChI=1S/C37H39FN4O5S/c1-37(2,3)47-34(43)14-10-26(35(40)44)21-42-22-30-29(36(42)45)5-4-6-33(30)46-23-24-7-11-27(12-8-24)48-28-15-17-41(18-16-28)32-13-9-25(20-39)19-31(32)38/h4-9,11-13,19,21,26,28H,10,14-18,22-23H2,1-3H3,(H-,40,44)/p+1/b42-21-. The van der Waals surface area contributed by atoms with Gasteiger partial charge in [-0.3, -0.25) is 9.59 Å². The van der Waals surface area contributed by atoms with Gasteiger partial charge in [-0.25, -0.2) is 9.18 Å². The molecule has 9 nitrogen and oxygen atoms in total. The van der Waals surface area contributed by atoms with Gasteiger partial charge in [0.2, 0.25) is 5.91 Å². The second-order valence-corrected chi connectivity index (χ2v) is 14.4. The molecule has 2 amide bonds. The van der Waals surface area contributed by atoms with E-state index in [-0.39, 0.29) is 31.1 Å². The van der Waals surface area contributed by atoms with Crippen molar-refractivity contribution in [2.24, 2.45) is 11.7 Å². The maximum atomic E-state index is 14.5. The normalized spacial score (nSPS) is 16.4. The fraction of sp³-hybridized carbons (Fsp3) is 0.378. The topological polar surface area (TPSA) is 126 Å². The van der Waals surface area contributed by atoms with Gasteiger partial charge in [-0.2, -0.15) is 9.84 Å². The lowest BCUT2D eigenvalue weighted by molar-refractivity contribution is -0.434. The third kappa shape index (κ3) is 8.81. The molecule has 0 bridgehead atoms. The van der Waals surface area contributed by atoms with Gasteiger partial charge in [0.1, 0.15) is 35.3 Å². The molecule has 5 rings (SSSR count). The van der Waals surface area contributed by atoms with Crippen molar-refractivity contribution in [3.8, 4) is 11.8 Å². The number of amides is 2. The van der Waals surface area contributed by atoms with Crippen molar-refractivity contribution in [3.05, 3.63) is 88.7 Å². The van der Waals surface area contributed by atoms with Gasteiger partial charge in [0.25, 0.3) is 0 Å². The van der Waals surface area contributed by atoms with Crippen LogP contribution in [0.15, 0.2) is 65.6 Å². The van der Waals surface area contributed by atoms with Gasteiger partial charge in [-0.15, -0.1) is 11.8 Å². The third-order valence-corrected chi connectivity index (χ3v) is 9.59. The second-order valence-electron chi connectivity index (χ2n) is 13.0. The Hall–Kier alpha value is -4.69. The van der Waals surface area contributed by atoms with E-state index >= 15 is 0 Å². The number of halogens is 1. The van der Waals surface area contributed by atoms with Crippen LogP contribution in [0.25, 0.3) is 0 Å². The molecule has 3 aromatic carbocycles. The highest BCUT2D eigenvalue weighted by atomic mass is 32.2. The van der Waals surface area contributed by atoms with Gasteiger partial charge in [-0.1, -0.05) is 18.2 Å². The summed E-state index contributed by atoms with van der Waals surface area (Å²) in [6.45, 7) is 7.36. The van der Waals surface area contributed by atoms with Crippen molar-refractivity contribution in [2.45, 2.75) is 75.4 Å². The van der Waals surface area contributed by atoms with E-state index in [0.29, 0.717) is 34.4 Å². The fourth-order valence-corrected chi connectivity index (χ4v) is 6.94. The average Bonchev–Trinajstić information content (AvgIpc) is 3.37. The molecule has 0 aromatic heterocycles. The molecule has 1 atom stereocenters. The smallest absolute Gasteiger partial charge is 0.420 e. The average molecular weight is 672 g/mol. The van der Waals surface area contributed by atoms with E-state index in [4.69, 9.17) is 20.5 Å². The predicted octanol–water partition coefficient (Wildman–Crippen LogP) is 6.00. The minimum atomic E-state index is -0.811. The van der Waals surface area contributed by atoms with E-state index in [9.17, 15) is 18.8 Å². The summed E-state index contributed by atoms with van der Waals surface area (Å²) in [5.41, 5.74) is 8.06. The molecular weight excluding hydrogens is 631 g/mol. The highest BCUT2D eigenvalue weighted by Gasteiger charge is 2.36. The molecule has 0 saturated carbocycles. The van der Waals surface area contributed by atoms with E-state index in [0.717, 1.165) is 42.0 Å². The molecular formula is C37H40FN4O5S+. The lowest BCUT2D eigenvalue weighted by Gasteiger charge is -2.33. The van der Waals surface area contributed by atoms with E-state index in [1.807, 2.05) is 40.9 Å². The molecule has 48 heavy (non-hydrogen) atoms. The van der Waals surface area contributed by atoms with Gasteiger partial charge in [0.15, 0.2) is 12.8 Å². The summed E-state index contributed by atoms with van der Waals surface area (Å²) in [5.74, 6) is -1.89. The zero-order valence-corrected chi connectivity index (χ0v) is 28.2. The largest absolute Gasteiger partial charge is 0.488 e. The van der Waals surface area contributed by atoms with Crippen molar-refractivity contribution in [3.63, 3.8) is 0 Å². The maximum Gasteiger partial charge on any atom is 0.420 e. The Morgan fingerprint density at radius 1 is 1.15 bits per heavy atom. The molecule has 2 aliphatic heterocycles. The van der Waals surface area contributed by atoms with Crippen molar-refractivity contribution in [2.75, 3.05) is 18.0 Å². The number of nitrogens with two attached hydrogens (primary N) is 1. The van der Waals surface area contributed by atoms with Crippen molar-refractivity contribution < 1.29 is 32.8 Å². The van der Waals surface area contributed by atoms with Gasteiger partial charge in [0.05, 0.1) is 22.9 Å². The molecule has 2 N–H and O–H groups in total. The first-order valence-corrected chi connectivity index (χ1v) is 16.9. The minimum Gasteiger partial charge on any atom is -0.488 e. The number of nitrogens with zero attached hydrogens (tertiary/aromatic N) is 3. The summed E-state index contributed by atoms with van der Waals surface area (Å²) < 4.78 is 27.4. The van der Waals surface area contributed by atoms with Crippen molar-refractivity contribution in [1.82, 2.24) is 0 Å². The Kier molecular flexibility index (Phi) is 10.8. The van der Waals surface area contributed by atoms with Crippen LogP contribution in [0, 0.1) is 23.1 Å². The molecule has 0 radical (unpaired) electrons. The summed E-state index contributed by atoms with van der Waals surface area (Å²) in [6.07, 6.45) is 3.49. The number of ether oxygens (including phenoxy) is 2. The summed E-state index contributed by atoms with van der Waals surface area (Å²) in [4.78, 5) is 40.7. The highest BCUT2D eigenvalue weighted by molar-refractivity contribution is 8.00. The highest BCUT2D eigenvalue weighted by Crippen LogP contribution is 2.34. The van der Waals surface area contributed by atoms with Gasteiger partial charge < -0.3 is 20.1 Å². The first kappa shape index (κ1) is 34.6. The van der Waals surface area contributed by atoms with Crippen LogP contribution in [0.3, 0.4) is 0 Å². The summed E-state index contributed by atoms with van der Waals surface area (Å²) >= 11 is 1.82. The number of carbonyl (C=O) groups excluding carboxylic acids is 3. The second kappa shape index (κ2) is 15.0. The quantitative estimate of drug-likeness (QED) is 0.195. The Balaban J connectivity index is 1.14. The fourth-order valence-electron chi connectivity index (χ4n) is 5.82. The van der Waals surface area contributed by atoms with E-state index < -0.39 is 23.4 Å². The van der Waals surface area contributed by atoms with Crippen LogP contribution in [0.2, 0.25) is 0 Å². The molecule has 1 saturated heterocycles. The van der Waals surface area contributed by atoms with Gasteiger partial charge in [-0.05, 0) is 88.1 Å². The number of piperidine rings is 1. The van der Waals surface area contributed by atoms with Crippen LogP contribution in [0.4, 0.5) is 10.1 Å². The Labute approximate surface area is 284 Å². The molecule has 2 aliphatic rings. The van der Waals surface area contributed by atoms with Gasteiger partial charge >= 0.3 is 11.9 Å². The first-order valence-electron chi connectivity index (χ1n) is 16.0. The number of thioether (sulfide) groups is 1. The monoisotopic (exact) mass is 671 g/mol. The number of esters is 1. The van der Waals surface area contributed by atoms with Crippen LogP contribution in [0.1, 0.15) is 73.5 Å². The minimum absolute atomic E-state index is 0.00237. The molecule has 3 aromatic rings. The third-order valence-electron chi connectivity index (χ3n) is 8.24. The molecule has 0 spiro atoms. The van der Waals surface area contributed by atoms with Crippen molar-refractivity contribution in [1.29, 1.82) is 5.26 Å². The number of anilines is 1. The molecule has 1 unspecified atom stereocenters. The van der Waals surface area contributed by atoms with E-state index in [2.05, 4.69) is 12.1 Å². The zero-order valence-electron chi connectivity index (χ0n) is 27.4. The lowest BCUT2D eigenvalue weighted by Crippen LogP contribution is -2.35. The van der Waals surface area contributed by atoms with Crippen molar-refractivity contribution >= 4 is 41.4 Å². The molecule has 0 aliphatic carbocycles. The Morgan fingerprint density at radius 2 is 1.88 bits per heavy atom. The number of nitriles is 1. The van der Waals surface area contributed by atoms with Crippen LogP contribution in [0.5, 0.6) is 5.75 Å². The van der Waals surface area contributed by atoms with Gasteiger partial charge in [0, 0.05) is 29.7 Å². The first-order chi connectivity index (χ1) is 22.9. The molecule has 1 fully saturated rings. The zero-order chi connectivity index (χ0) is 34.4. The number of benzene rings is 3.